The van der Waals surface area contributed by atoms with Gasteiger partial charge in [-0.05, 0) is 30.9 Å². The van der Waals surface area contributed by atoms with Crippen LogP contribution in [0.3, 0.4) is 0 Å². The second-order valence-corrected chi connectivity index (χ2v) is 6.21. The largest absolute Gasteiger partial charge is 0.391 e. The van der Waals surface area contributed by atoms with E-state index < -0.39 is 6.10 Å². The lowest BCUT2D eigenvalue weighted by molar-refractivity contribution is 0.0869. The van der Waals surface area contributed by atoms with Gasteiger partial charge >= 0.3 is 0 Å². The molecule has 1 aliphatic carbocycles. The molecule has 0 aromatic carbocycles. The highest BCUT2D eigenvalue weighted by atomic mass is 16.3. The van der Waals surface area contributed by atoms with Gasteiger partial charge in [0, 0.05) is 25.1 Å². The summed E-state index contributed by atoms with van der Waals surface area (Å²) in [5.41, 5.74) is 0.929. The maximum atomic E-state index is 12.5. The van der Waals surface area contributed by atoms with Gasteiger partial charge in [-0.2, -0.15) is 0 Å². The van der Waals surface area contributed by atoms with E-state index in [2.05, 4.69) is 20.6 Å². The molecule has 0 spiro atoms. The Bertz CT molecular complexity index is 843. The summed E-state index contributed by atoms with van der Waals surface area (Å²) in [6.07, 6.45) is 7.98. The fourth-order valence-corrected chi connectivity index (χ4v) is 3.36. The highest BCUT2D eigenvalue weighted by Gasteiger charge is 2.34. The molecule has 1 aliphatic rings. The van der Waals surface area contributed by atoms with Crippen molar-refractivity contribution in [3.63, 3.8) is 0 Å². The topological polar surface area (TPSA) is 97.3 Å². The Hall–Kier alpha value is -2.74. The number of imidazole rings is 1. The molecule has 124 valence electrons. The molecule has 0 aliphatic heterocycles. The van der Waals surface area contributed by atoms with E-state index in [0.717, 1.165) is 13.0 Å². The minimum Gasteiger partial charge on any atom is -0.391 e. The first-order chi connectivity index (χ1) is 11.7. The number of pyridine rings is 1. The quantitative estimate of drug-likeness (QED) is 0.727. The van der Waals surface area contributed by atoms with Gasteiger partial charge in [0.2, 0.25) is 0 Å². The van der Waals surface area contributed by atoms with Crippen molar-refractivity contribution in [1.29, 1.82) is 0 Å². The van der Waals surface area contributed by atoms with Crippen molar-refractivity contribution in [2.24, 2.45) is 5.92 Å². The summed E-state index contributed by atoms with van der Waals surface area (Å²) < 4.78 is 3.55. The zero-order valence-corrected chi connectivity index (χ0v) is 13.0. The van der Waals surface area contributed by atoms with Gasteiger partial charge in [0.25, 0.3) is 5.91 Å². The van der Waals surface area contributed by atoms with Crippen molar-refractivity contribution < 1.29 is 9.90 Å². The van der Waals surface area contributed by atoms with Crippen LogP contribution in [0.15, 0.2) is 43.1 Å². The highest BCUT2D eigenvalue weighted by Crippen LogP contribution is 2.28. The Kier molecular flexibility index (Phi) is 3.73. The third-order valence-electron chi connectivity index (χ3n) is 4.51. The van der Waals surface area contributed by atoms with E-state index in [4.69, 9.17) is 0 Å². The summed E-state index contributed by atoms with van der Waals surface area (Å²) in [5, 5.41) is 21.1. The summed E-state index contributed by atoms with van der Waals surface area (Å²) in [7, 11) is 0. The number of nitrogens with one attached hydrogen (secondary N) is 1. The smallest absolute Gasteiger partial charge is 0.274 e. The number of hydrogen-bond acceptors (Lipinski definition) is 5. The van der Waals surface area contributed by atoms with Gasteiger partial charge in [-0.3, -0.25) is 4.79 Å². The van der Waals surface area contributed by atoms with Crippen LogP contribution in [0.25, 0.3) is 5.52 Å². The standard InChI is InChI=1S/C16H18N6O2/c23-14-8-11(9-21-6-4-17-10-21)7-12(14)18-16(24)15-13-3-1-2-5-22(13)20-19-15/h1-6,10-12,14,23H,7-9H2,(H,18,24)/t11?,12-,14-/m1/s1. The fourth-order valence-electron chi connectivity index (χ4n) is 3.36. The molecule has 1 unspecified atom stereocenters. The van der Waals surface area contributed by atoms with Crippen molar-refractivity contribution in [3.05, 3.63) is 48.8 Å². The van der Waals surface area contributed by atoms with E-state index in [-0.39, 0.29) is 17.6 Å². The number of carbonyl (C=O) groups is 1. The van der Waals surface area contributed by atoms with Crippen LogP contribution in [0.4, 0.5) is 0 Å². The average Bonchev–Trinajstić information content (AvgIpc) is 3.29. The van der Waals surface area contributed by atoms with E-state index in [9.17, 15) is 9.90 Å². The minimum absolute atomic E-state index is 0.272. The van der Waals surface area contributed by atoms with Gasteiger partial charge in [0.05, 0.1) is 24.0 Å². The number of carbonyl (C=O) groups excluding carboxylic acids is 1. The van der Waals surface area contributed by atoms with E-state index in [1.54, 1.807) is 29.3 Å². The van der Waals surface area contributed by atoms with E-state index >= 15 is 0 Å². The van der Waals surface area contributed by atoms with Gasteiger partial charge < -0.3 is 15.0 Å². The summed E-state index contributed by atoms with van der Waals surface area (Å²) in [4.78, 5) is 16.5. The van der Waals surface area contributed by atoms with Crippen LogP contribution >= 0.6 is 0 Å². The number of aliphatic hydroxyl groups excluding tert-OH is 1. The SMILES string of the molecule is O=C(N[C@@H]1CC(Cn2ccnc2)C[C@H]1O)c1nnn2ccccc12. The molecule has 1 fully saturated rings. The number of hydrogen-bond donors (Lipinski definition) is 2. The van der Waals surface area contributed by atoms with E-state index in [1.165, 1.54) is 0 Å². The molecule has 3 atom stereocenters. The van der Waals surface area contributed by atoms with Gasteiger partial charge in [0.1, 0.15) is 0 Å². The lowest BCUT2D eigenvalue weighted by Gasteiger charge is -2.15. The van der Waals surface area contributed by atoms with Crippen LogP contribution in [0.5, 0.6) is 0 Å². The Morgan fingerprint density at radius 1 is 1.33 bits per heavy atom. The molecule has 8 nitrogen and oxygen atoms in total. The average molecular weight is 326 g/mol. The number of rotatable bonds is 4. The molecule has 4 rings (SSSR count). The molecule has 1 saturated carbocycles. The highest BCUT2D eigenvalue weighted by molar-refractivity contribution is 5.98. The first-order valence-corrected chi connectivity index (χ1v) is 7.95. The van der Waals surface area contributed by atoms with Crippen molar-refractivity contribution in [2.75, 3.05) is 0 Å². The maximum absolute atomic E-state index is 12.5. The monoisotopic (exact) mass is 326 g/mol. The summed E-state index contributed by atoms with van der Waals surface area (Å²) in [6.45, 7) is 0.790. The molecule has 3 aromatic rings. The van der Waals surface area contributed by atoms with Crippen molar-refractivity contribution in [2.45, 2.75) is 31.5 Å². The molecule has 24 heavy (non-hydrogen) atoms. The molecule has 8 heteroatoms. The second kappa shape index (κ2) is 6.04. The summed E-state index contributed by atoms with van der Waals surface area (Å²) in [5.74, 6) is -0.0000959. The maximum Gasteiger partial charge on any atom is 0.274 e. The third kappa shape index (κ3) is 2.76. The van der Waals surface area contributed by atoms with Crippen LogP contribution in [-0.4, -0.2) is 47.5 Å². The zero-order valence-electron chi connectivity index (χ0n) is 13.0. The fraction of sp³-hybridized carbons (Fsp3) is 0.375. The van der Waals surface area contributed by atoms with Crippen LogP contribution in [0.2, 0.25) is 0 Å². The van der Waals surface area contributed by atoms with Crippen LogP contribution in [0, 0.1) is 5.92 Å². The van der Waals surface area contributed by atoms with E-state index in [1.807, 2.05) is 22.9 Å². The molecule has 2 N–H and O–H groups in total. The number of aliphatic hydroxyl groups is 1. The first-order valence-electron chi connectivity index (χ1n) is 7.95. The van der Waals surface area contributed by atoms with Crippen molar-refractivity contribution in [3.8, 4) is 0 Å². The molecule has 0 saturated heterocycles. The van der Waals surface area contributed by atoms with Crippen LogP contribution in [-0.2, 0) is 6.54 Å². The molecule has 0 radical (unpaired) electrons. The van der Waals surface area contributed by atoms with Crippen LogP contribution < -0.4 is 5.32 Å². The Morgan fingerprint density at radius 2 is 2.25 bits per heavy atom. The Labute approximate surface area is 138 Å². The third-order valence-corrected chi connectivity index (χ3v) is 4.51. The molecule has 3 aromatic heterocycles. The summed E-state index contributed by atoms with van der Waals surface area (Å²) in [6, 6.07) is 5.18. The molecule has 3 heterocycles. The normalized spacial score (nSPS) is 23.6. The molecule has 1 amide bonds. The van der Waals surface area contributed by atoms with Gasteiger partial charge in [-0.25, -0.2) is 9.50 Å². The number of fused-ring (bicyclic) bond motifs is 1. The number of amides is 1. The predicted molar refractivity (Wildman–Crippen MR) is 85.2 cm³/mol. The number of aromatic nitrogens is 5. The van der Waals surface area contributed by atoms with Gasteiger partial charge in [-0.1, -0.05) is 11.3 Å². The van der Waals surface area contributed by atoms with Gasteiger partial charge in [0.15, 0.2) is 5.69 Å². The first kappa shape index (κ1) is 14.8. The second-order valence-electron chi connectivity index (χ2n) is 6.21. The lowest BCUT2D eigenvalue weighted by Crippen LogP contribution is -2.40. The molecular weight excluding hydrogens is 308 g/mol. The Morgan fingerprint density at radius 3 is 3.08 bits per heavy atom. The van der Waals surface area contributed by atoms with Crippen molar-refractivity contribution >= 4 is 11.4 Å². The Balaban J connectivity index is 1.44. The van der Waals surface area contributed by atoms with Crippen LogP contribution in [0.1, 0.15) is 23.3 Å². The minimum atomic E-state index is -0.552. The number of nitrogens with zero attached hydrogens (tertiary/aromatic N) is 5. The van der Waals surface area contributed by atoms with Crippen molar-refractivity contribution in [1.82, 2.24) is 29.7 Å². The predicted octanol–water partition coefficient (Wildman–Crippen LogP) is 0.495. The molecule has 0 bridgehead atoms. The summed E-state index contributed by atoms with van der Waals surface area (Å²) >= 11 is 0. The van der Waals surface area contributed by atoms with Gasteiger partial charge in [-0.15, -0.1) is 5.10 Å². The lowest BCUT2D eigenvalue weighted by atomic mass is 10.1. The molecular formula is C16H18N6O2. The zero-order chi connectivity index (χ0) is 16.5. The van der Waals surface area contributed by atoms with E-state index in [0.29, 0.717) is 17.9 Å².